The monoisotopic (exact) mass is 295 g/mol. The van der Waals surface area contributed by atoms with Gasteiger partial charge in [0.1, 0.15) is 5.76 Å². The van der Waals surface area contributed by atoms with Crippen LogP contribution < -0.4 is 4.90 Å². The maximum atomic E-state index is 12.3. The number of rotatable bonds is 2. The van der Waals surface area contributed by atoms with E-state index in [2.05, 4.69) is 0 Å². The van der Waals surface area contributed by atoms with Gasteiger partial charge in [0, 0.05) is 11.1 Å². The summed E-state index contributed by atoms with van der Waals surface area (Å²) in [7, 11) is 1.38. The zero-order valence-corrected chi connectivity index (χ0v) is 12.6. The number of carbonyl (C=O) groups excluding carboxylic acids is 1. The van der Waals surface area contributed by atoms with E-state index < -0.39 is 6.09 Å². The summed E-state index contributed by atoms with van der Waals surface area (Å²) in [6, 6.07) is 15.3. The molecule has 22 heavy (non-hydrogen) atoms. The highest BCUT2D eigenvalue weighted by Gasteiger charge is 2.27. The third-order valence-electron chi connectivity index (χ3n) is 3.53. The number of anilines is 2. The standard InChI is InChI=1S/C18H17NO3/c1-3-22-17-12-13-8-4-6-10-15(13)19(18(20)21-2)16-11-7-5-9-14(16)17/h4-12H,3H2,1-2H3. The van der Waals surface area contributed by atoms with Gasteiger partial charge in [0.15, 0.2) is 0 Å². The van der Waals surface area contributed by atoms with Crippen LogP contribution in [0.3, 0.4) is 0 Å². The number of para-hydroxylation sites is 2. The Bertz CT molecular complexity index is 737. The first-order valence-corrected chi connectivity index (χ1v) is 7.17. The minimum absolute atomic E-state index is 0.425. The van der Waals surface area contributed by atoms with Crippen LogP contribution in [-0.2, 0) is 9.47 Å². The van der Waals surface area contributed by atoms with Gasteiger partial charge in [0.25, 0.3) is 0 Å². The van der Waals surface area contributed by atoms with Crippen LogP contribution in [0.4, 0.5) is 16.2 Å². The fourth-order valence-corrected chi connectivity index (χ4v) is 2.60. The highest BCUT2D eigenvalue weighted by Crippen LogP contribution is 2.40. The van der Waals surface area contributed by atoms with Crippen molar-refractivity contribution < 1.29 is 14.3 Å². The Morgan fingerprint density at radius 2 is 1.73 bits per heavy atom. The van der Waals surface area contributed by atoms with E-state index in [1.807, 2.05) is 61.5 Å². The molecule has 0 unspecified atom stereocenters. The molecule has 0 fully saturated rings. The molecule has 0 N–H and O–H groups in total. The van der Waals surface area contributed by atoms with Gasteiger partial charge >= 0.3 is 6.09 Å². The third-order valence-corrected chi connectivity index (χ3v) is 3.53. The Hall–Kier alpha value is -2.75. The molecule has 2 aromatic rings. The number of fused-ring (bicyclic) bond motifs is 2. The number of methoxy groups -OCH3 is 1. The summed E-state index contributed by atoms with van der Waals surface area (Å²) in [5, 5.41) is 0. The van der Waals surface area contributed by atoms with Crippen LogP contribution in [0.1, 0.15) is 18.1 Å². The van der Waals surface area contributed by atoms with Gasteiger partial charge in [-0.2, -0.15) is 0 Å². The molecule has 3 rings (SSSR count). The second kappa shape index (κ2) is 5.93. The molecule has 4 heteroatoms. The molecular formula is C18H17NO3. The lowest BCUT2D eigenvalue weighted by Crippen LogP contribution is -2.26. The number of hydrogen-bond acceptors (Lipinski definition) is 3. The van der Waals surface area contributed by atoms with Crippen LogP contribution in [0.15, 0.2) is 48.5 Å². The molecule has 0 bridgehead atoms. The Morgan fingerprint density at radius 3 is 2.45 bits per heavy atom. The highest BCUT2D eigenvalue weighted by atomic mass is 16.5. The normalized spacial score (nSPS) is 12.6. The molecule has 112 valence electrons. The van der Waals surface area contributed by atoms with Crippen LogP contribution in [0.5, 0.6) is 0 Å². The molecule has 1 heterocycles. The molecule has 2 aromatic carbocycles. The van der Waals surface area contributed by atoms with E-state index in [1.165, 1.54) is 7.11 Å². The summed E-state index contributed by atoms with van der Waals surface area (Å²) in [5.41, 5.74) is 3.30. The molecule has 1 aliphatic rings. The number of benzene rings is 2. The van der Waals surface area contributed by atoms with Crippen molar-refractivity contribution in [3.63, 3.8) is 0 Å². The fourth-order valence-electron chi connectivity index (χ4n) is 2.60. The van der Waals surface area contributed by atoms with Crippen LogP contribution in [0.25, 0.3) is 11.8 Å². The second-order valence-electron chi connectivity index (χ2n) is 4.82. The molecule has 0 aliphatic carbocycles. The predicted molar refractivity (Wildman–Crippen MR) is 86.9 cm³/mol. The summed E-state index contributed by atoms with van der Waals surface area (Å²) in [6.45, 7) is 2.50. The van der Waals surface area contributed by atoms with Crippen molar-refractivity contribution >= 4 is 29.3 Å². The molecule has 1 aliphatic heterocycles. The fraction of sp³-hybridized carbons (Fsp3) is 0.167. The lowest BCUT2D eigenvalue weighted by atomic mass is 10.1. The van der Waals surface area contributed by atoms with Gasteiger partial charge in [-0.15, -0.1) is 0 Å². The van der Waals surface area contributed by atoms with Crippen LogP contribution >= 0.6 is 0 Å². The largest absolute Gasteiger partial charge is 0.493 e. The molecule has 0 atom stereocenters. The summed E-state index contributed by atoms with van der Waals surface area (Å²) < 4.78 is 10.8. The first-order valence-electron chi connectivity index (χ1n) is 7.17. The minimum atomic E-state index is -0.425. The van der Waals surface area contributed by atoms with Crippen LogP contribution in [0.2, 0.25) is 0 Å². The molecule has 0 spiro atoms. The molecule has 0 aromatic heterocycles. The maximum Gasteiger partial charge on any atom is 0.418 e. The van der Waals surface area contributed by atoms with Crippen LogP contribution in [-0.4, -0.2) is 19.8 Å². The Morgan fingerprint density at radius 1 is 1.05 bits per heavy atom. The number of amides is 1. The van der Waals surface area contributed by atoms with E-state index in [-0.39, 0.29) is 0 Å². The van der Waals surface area contributed by atoms with E-state index in [0.717, 1.165) is 28.3 Å². The number of ether oxygens (including phenoxy) is 2. The first-order chi connectivity index (χ1) is 10.8. The van der Waals surface area contributed by atoms with Crippen molar-refractivity contribution in [3.05, 3.63) is 59.7 Å². The van der Waals surface area contributed by atoms with Gasteiger partial charge in [0.2, 0.25) is 0 Å². The summed E-state index contributed by atoms with van der Waals surface area (Å²) in [6.07, 6.45) is 1.53. The zero-order chi connectivity index (χ0) is 15.5. The summed E-state index contributed by atoms with van der Waals surface area (Å²) in [4.78, 5) is 13.9. The van der Waals surface area contributed by atoms with Gasteiger partial charge in [-0.25, -0.2) is 9.69 Å². The van der Waals surface area contributed by atoms with E-state index >= 15 is 0 Å². The minimum Gasteiger partial charge on any atom is -0.493 e. The van der Waals surface area contributed by atoms with Gasteiger partial charge in [-0.1, -0.05) is 30.3 Å². The van der Waals surface area contributed by atoms with Crippen molar-refractivity contribution in [1.29, 1.82) is 0 Å². The first kappa shape index (κ1) is 14.2. The van der Waals surface area contributed by atoms with Gasteiger partial charge < -0.3 is 9.47 Å². The summed E-state index contributed by atoms with van der Waals surface area (Å²) in [5.74, 6) is 0.747. The molecule has 0 saturated carbocycles. The topological polar surface area (TPSA) is 38.8 Å². The predicted octanol–water partition coefficient (Wildman–Crippen LogP) is 4.44. The van der Waals surface area contributed by atoms with Crippen molar-refractivity contribution in [1.82, 2.24) is 0 Å². The average molecular weight is 295 g/mol. The lowest BCUT2D eigenvalue weighted by molar-refractivity contribution is 0.181. The lowest BCUT2D eigenvalue weighted by Gasteiger charge is -2.23. The van der Waals surface area contributed by atoms with Gasteiger partial charge in [-0.3, -0.25) is 0 Å². The Labute approximate surface area is 129 Å². The van der Waals surface area contributed by atoms with E-state index in [0.29, 0.717) is 6.61 Å². The van der Waals surface area contributed by atoms with Crippen molar-refractivity contribution in [2.24, 2.45) is 0 Å². The Balaban J connectivity index is 2.29. The Kier molecular flexibility index (Phi) is 3.83. The molecular weight excluding hydrogens is 278 g/mol. The van der Waals surface area contributed by atoms with E-state index in [4.69, 9.17) is 9.47 Å². The second-order valence-corrected chi connectivity index (χ2v) is 4.82. The zero-order valence-electron chi connectivity index (χ0n) is 12.6. The van der Waals surface area contributed by atoms with Crippen molar-refractivity contribution in [3.8, 4) is 0 Å². The maximum absolute atomic E-state index is 12.3. The smallest absolute Gasteiger partial charge is 0.418 e. The quantitative estimate of drug-likeness (QED) is 0.822. The molecule has 1 amide bonds. The van der Waals surface area contributed by atoms with E-state index in [1.54, 1.807) is 4.90 Å². The van der Waals surface area contributed by atoms with Gasteiger partial charge in [0.05, 0.1) is 25.1 Å². The van der Waals surface area contributed by atoms with E-state index in [9.17, 15) is 4.79 Å². The van der Waals surface area contributed by atoms with Crippen molar-refractivity contribution in [2.45, 2.75) is 6.92 Å². The third kappa shape index (κ3) is 2.33. The number of hydrogen-bond donors (Lipinski definition) is 0. The molecule has 4 nitrogen and oxygen atoms in total. The summed E-state index contributed by atoms with van der Waals surface area (Å²) >= 11 is 0. The molecule has 0 saturated heterocycles. The SMILES string of the molecule is CCOC1=Cc2ccccc2N(C(=O)OC)c2ccccc21. The van der Waals surface area contributed by atoms with Crippen LogP contribution in [0, 0.1) is 0 Å². The van der Waals surface area contributed by atoms with Crippen molar-refractivity contribution in [2.75, 3.05) is 18.6 Å². The highest BCUT2D eigenvalue weighted by molar-refractivity contribution is 6.04. The molecule has 0 radical (unpaired) electrons. The number of nitrogens with zero attached hydrogens (tertiary/aromatic N) is 1. The average Bonchev–Trinajstić information content (AvgIpc) is 2.69. The number of carbonyl (C=O) groups is 1. The van der Waals surface area contributed by atoms with Gasteiger partial charge in [-0.05, 0) is 31.2 Å².